The number of anilines is 1. The molecule has 2 aliphatic heterocycles. The van der Waals surface area contributed by atoms with Gasteiger partial charge < -0.3 is 24.2 Å². The molecule has 3 fully saturated rings. The van der Waals surface area contributed by atoms with Crippen molar-refractivity contribution in [2.45, 2.75) is 62.4 Å². The van der Waals surface area contributed by atoms with Crippen molar-refractivity contribution in [3.8, 4) is 22.9 Å². The Morgan fingerprint density at radius 3 is 2.52 bits per heavy atom. The van der Waals surface area contributed by atoms with E-state index in [2.05, 4.69) is 21.1 Å². The molecule has 1 spiro atoms. The molecular formula is C32H34N6O4. The van der Waals surface area contributed by atoms with Gasteiger partial charge in [0, 0.05) is 61.6 Å². The number of aliphatic hydroxyl groups is 1. The molecule has 0 unspecified atom stereocenters. The fourth-order valence-corrected chi connectivity index (χ4v) is 6.49. The molecule has 1 aliphatic carbocycles. The Morgan fingerprint density at radius 1 is 1.02 bits per heavy atom. The molecule has 0 atom stereocenters. The maximum absolute atomic E-state index is 11.2. The van der Waals surface area contributed by atoms with Crippen molar-refractivity contribution in [1.29, 1.82) is 5.26 Å². The first-order valence-electron chi connectivity index (χ1n) is 14.7. The van der Waals surface area contributed by atoms with Gasteiger partial charge in [0.1, 0.15) is 17.6 Å². The van der Waals surface area contributed by atoms with Crippen molar-refractivity contribution in [2.75, 3.05) is 31.2 Å². The molecule has 10 nitrogen and oxygen atoms in total. The second kappa shape index (κ2) is 11.0. The van der Waals surface area contributed by atoms with Crippen LogP contribution in [0.4, 0.5) is 5.82 Å². The predicted octanol–water partition coefficient (Wildman–Crippen LogP) is 4.30. The lowest BCUT2D eigenvalue weighted by Gasteiger charge is -2.38. The number of nitrogens with zero attached hydrogens (tertiary/aromatic N) is 6. The van der Waals surface area contributed by atoms with Crippen molar-refractivity contribution >= 4 is 11.3 Å². The van der Waals surface area contributed by atoms with Gasteiger partial charge in [-0.25, -0.2) is 9.50 Å². The van der Waals surface area contributed by atoms with E-state index in [9.17, 15) is 10.4 Å². The molecule has 0 bridgehead atoms. The van der Waals surface area contributed by atoms with Crippen molar-refractivity contribution in [2.24, 2.45) is 0 Å². The zero-order valence-electron chi connectivity index (χ0n) is 23.5. The maximum atomic E-state index is 11.2. The summed E-state index contributed by atoms with van der Waals surface area (Å²) in [5.41, 5.74) is 3.10. The average molecular weight is 567 g/mol. The van der Waals surface area contributed by atoms with Gasteiger partial charge in [-0.3, -0.25) is 4.98 Å². The number of hydrogen-bond acceptors (Lipinski definition) is 9. The van der Waals surface area contributed by atoms with Gasteiger partial charge in [-0.15, -0.1) is 0 Å². The quantitative estimate of drug-likeness (QED) is 0.364. The average Bonchev–Trinajstić information content (AvgIpc) is 3.66. The van der Waals surface area contributed by atoms with Gasteiger partial charge in [-0.2, -0.15) is 10.4 Å². The van der Waals surface area contributed by atoms with Crippen LogP contribution in [0.5, 0.6) is 5.75 Å². The number of hydrogen-bond donors (Lipinski definition) is 1. The first-order valence-corrected chi connectivity index (χ1v) is 14.7. The van der Waals surface area contributed by atoms with E-state index in [0.717, 1.165) is 53.8 Å². The Morgan fingerprint density at radius 2 is 1.83 bits per heavy atom. The number of fused-ring (bicyclic) bond motifs is 1. The zero-order chi connectivity index (χ0) is 28.6. The minimum Gasteiger partial charge on any atom is -0.489 e. The predicted molar refractivity (Wildman–Crippen MR) is 155 cm³/mol. The summed E-state index contributed by atoms with van der Waals surface area (Å²) < 4.78 is 19.9. The lowest BCUT2D eigenvalue weighted by Crippen LogP contribution is -2.46. The normalized spacial score (nSPS) is 20.1. The van der Waals surface area contributed by atoms with Crippen molar-refractivity contribution in [3.05, 3.63) is 72.4 Å². The SMILES string of the molecule is N#Cc1cnn2cc(OC3CCC4(CC3)OCCO4)cc(-c3ccc(N4CCC(O)(Cc5ccccn5)CC4)nc3)c12. The molecule has 4 aromatic heterocycles. The van der Waals surface area contributed by atoms with Gasteiger partial charge in [-0.05, 0) is 56.0 Å². The highest BCUT2D eigenvalue weighted by Gasteiger charge is 2.41. The van der Waals surface area contributed by atoms with Gasteiger partial charge in [0.15, 0.2) is 5.79 Å². The van der Waals surface area contributed by atoms with Crippen LogP contribution in [-0.4, -0.2) is 68.5 Å². The second-order valence-corrected chi connectivity index (χ2v) is 11.6. The lowest BCUT2D eigenvalue weighted by atomic mass is 9.87. The Kier molecular flexibility index (Phi) is 7.02. The van der Waals surface area contributed by atoms with Crippen molar-refractivity contribution in [1.82, 2.24) is 19.6 Å². The zero-order valence-corrected chi connectivity index (χ0v) is 23.5. The third-order valence-corrected chi connectivity index (χ3v) is 8.83. The van der Waals surface area contributed by atoms with Gasteiger partial charge in [0.25, 0.3) is 0 Å². The van der Waals surface area contributed by atoms with E-state index >= 15 is 0 Å². The van der Waals surface area contributed by atoms with E-state index in [-0.39, 0.29) is 6.10 Å². The van der Waals surface area contributed by atoms with Crippen LogP contribution >= 0.6 is 0 Å². The number of ether oxygens (including phenoxy) is 3. The number of piperidine rings is 1. The molecule has 216 valence electrons. The molecule has 42 heavy (non-hydrogen) atoms. The molecular weight excluding hydrogens is 532 g/mol. The first-order chi connectivity index (χ1) is 20.5. The standard InChI is InChI=1S/C32H34N6O4/c33-19-24-21-36-38-22-27(42-26-6-8-32(9-7-26)40-15-16-41-32)17-28(30(24)38)23-4-5-29(35-20-23)37-13-10-31(39,11-14-37)18-25-3-1-2-12-34-25/h1-5,12,17,20-22,26,39H,6-11,13-16,18H2. The van der Waals surface area contributed by atoms with E-state index < -0.39 is 11.4 Å². The van der Waals surface area contributed by atoms with Crippen LogP contribution in [-0.2, 0) is 15.9 Å². The summed E-state index contributed by atoms with van der Waals surface area (Å²) in [6.45, 7) is 2.74. The highest BCUT2D eigenvalue weighted by atomic mass is 16.7. The summed E-state index contributed by atoms with van der Waals surface area (Å²) in [5.74, 6) is 1.13. The largest absolute Gasteiger partial charge is 0.489 e. The molecule has 7 rings (SSSR count). The van der Waals surface area contributed by atoms with Crippen LogP contribution in [0.3, 0.4) is 0 Å². The van der Waals surface area contributed by atoms with Gasteiger partial charge in [-0.1, -0.05) is 6.07 Å². The molecule has 3 aliphatic rings. The Labute approximate surface area is 244 Å². The minimum absolute atomic E-state index is 0.0515. The van der Waals surface area contributed by atoms with Crippen molar-refractivity contribution in [3.63, 3.8) is 0 Å². The number of rotatable bonds is 6. The summed E-state index contributed by atoms with van der Waals surface area (Å²) in [6.07, 6.45) is 12.3. The van der Waals surface area contributed by atoms with E-state index in [1.165, 1.54) is 0 Å². The molecule has 6 heterocycles. The highest BCUT2D eigenvalue weighted by Crippen LogP contribution is 2.38. The van der Waals surface area contributed by atoms with Gasteiger partial charge in [0.2, 0.25) is 0 Å². The summed E-state index contributed by atoms with van der Waals surface area (Å²) in [5, 5.41) is 25.4. The highest BCUT2D eigenvalue weighted by molar-refractivity contribution is 5.85. The van der Waals surface area contributed by atoms with E-state index in [0.29, 0.717) is 56.9 Å². The minimum atomic E-state index is -0.761. The number of pyridine rings is 3. The summed E-state index contributed by atoms with van der Waals surface area (Å²) >= 11 is 0. The van der Waals surface area contributed by atoms with E-state index in [1.54, 1.807) is 16.9 Å². The summed E-state index contributed by atoms with van der Waals surface area (Å²) in [4.78, 5) is 11.4. The molecule has 1 saturated carbocycles. The van der Waals surface area contributed by atoms with Crippen LogP contribution in [0.15, 0.2) is 61.2 Å². The van der Waals surface area contributed by atoms with E-state index in [1.807, 2.05) is 48.8 Å². The van der Waals surface area contributed by atoms with Crippen LogP contribution in [0.25, 0.3) is 16.6 Å². The smallest absolute Gasteiger partial charge is 0.168 e. The summed E-state index contributed by atoms with van der Waals surface area (Å²) in [6, 6.07) is 14.1. The third kappa shape index (κ3) is 5.31. The van der Waals surface area contributed by atoms with Crippen LogP contribution in [0, 0.1) is 11.3 Å². The molecule has 10 heteroatoms. The first kappa shape index (κ1) is 26.8. The Balaban J connectivity index is 1.08. The molecule has 0 amide bonds. The number of nitriles is 1. The van der Waals surface area contributed by atoms with Gasteiger partial charge >= 0.3 is 0 Å². The Bertz CT molecular complexity index is 1580. The van der Waals surface area contributed by atoms with Crippen LogP contribution in [0.1, 0.15) is 49.8 Å². The Hall–Kier alpha value is -4.04. The molecule has 4 aromatic rings. The molecule has 2 saturated heterocycles. The third-order valence-electron chi connectivity index (χ3n) is 8.83. The van der Waals surface area contributed by atoms with E-state index in [4.69, 9.17) is 19.2 Å². The molecule has 0 radical (unpaired) electrons. The molecule has 1 N–H and O–H groups in total. The summed E-state index contributed by atoms with van der Waals surface area (Å²) in [7, 11) is 0. The monoisotopic (exact) mass is 566 g/mol. The second-order valence-electron chi connectivity index (χ2n) is 11.6. The molecule has 0 aromatic carbocycles. The van der Waals surface area contributed by atoms with Crippen molar-refractivity contribution < 1.29 is 19.3 Å². The fraction of sp³-hybridized carbons (Fsp3) is 0.438. The van der Waals surface area contributed by atoms with Crippen LogP contribution < -0.4 is 9.64 Å². The topological polar surface area (TPSA) is 118 Å². The fourth-order valence-electron chi connectivity index (χ4n) is 6.49. The maximum Gasteiger partial charge on any atom is 0.168 e. The lowest BCUT2D eigenvalue weighted by molar-refractivity contribution is -0.186. The van der Waals surface area contributed by atoms with Crippen LogP contribution in [0.2, 0.25) is 0 Å². The number of aromatic nitrogens is 4. The van der Waals surface area contributed by atoms with Gasteiger partial charge in [0.05, 0.1) is 48.4 Å².